The number of ether oxygens (including phenoxy) is 1. The zero-order valence-electron chi connectivity index (χ0n) is 15.4. The predicted molar refractivity (Wildman–Crippen MR) is 107 cm³/mol. The van der Waals surface area contributed by atoms with Gasteiger partial charge in [0.05, 0.1) is 18.2 Å². The number of rotatable bonds is 9. The molecule has 2 heterocycles. The fourth-order valence-corrected chi connectivity index (χ4v) is 4.20. The second kappa shape index (κ2) is 9.74. The number of thiophene rings is 1. The fraction of sp³-hybridized carbons (Fsp3) is 0.476. The predicted octanol–water partition coefficient (Wildman–Crippen LogP) is 4.49. The van der Waals surface area contributed by atoms with Crippen molar-refractivity contribution in [1.29, 1.82) is 0 Å². The summed E-state index contributed by atoms with van der Waals surface area (Å²) in [4.78, 5) is 16.6. The average Bonchev–Trinajstić information content (AvgIpc) is 3.37. The van der Waals surface area contributed by atoms with Crippen LogP contribution in [-0.4, -0.2) is 37.0 Å². The number of nitrogens with zero attached hydrogens (tertiary/aromatic N) is 1. The summed E-state index contributed by atoms with van der Waals surface area (Å²) in [7, 11) is 0. The maximum absolute atomic E-state index is 12.8. The molecule has 1 aliphatic heterocycles. The average molecular weight is 373 g/mol. The van der Waals surface area contributed by atoms with Crippen molar-refractivity contribution >= 4 is 17.2 Å². The van der Waals surface area contributed by atoms with Crippen molar-refractivity contribution in [3.8, 4) is 5.75 Å². The smallest absolute Gasteiger partial charge is 0.255 e. The monoisotopic (exact) mass is 372 g/mol. The van der Waals surface area contributed by atoms with E-state index in [1.807, 2.05) is 24.3 Å². The molecule has 1 fully saturated rings. The highest BCUT2D eigenvalue weighted by molar-refractivity contribution is 7.10. The number of amides is 1. The summed E-state index contributed by atoms with van der Waals surface area (Å²) in [5, 5.41) is 5.25. The SMILES string of the molecule is CCCCOc1ccccc1C(=O)NC[C@H](c1cccs1)N1CCCC1. The van der Waals surface area contributed by atoms with Crippen molar-refractivity contribution in [2.45, 2.75) is 38.6 Å². The van der Waals surface area contributed by atoms with Gasteiger partial charge in [0.2, 0.25) is 0 Å². The summed E-state index contributed by atoms with van der Waals surface area (Å²) in [6, 6.07) is 12.0. The number of hydrogen-bond acceptors (Lipinski definition) is 4. The Kier molecular flexibility index (Phi) is 7.09. The molecule has 0 saturated carbocycles. The Labute approximate surface area is 160 Å². The van der Waals surface area contributed by atoms with Crippen molar-refractivity contribution in [2.75, 3.05) is 26.2 Å². The Bertz CT molecular complexity index is 681. The molecule has 1 aromatic heterocycles. The molecule has 4 nitrogen and oxygen atoms in total. The Hall–Kier alpha value is -1.85. The molecule has 1 aliphatic rings. The van der Waals surface area contributed by atoms with Crippen molar-refractivity contribution in [2.24, 2.45) is 0 Å². The topological polar surface area (TPSA) is 41.6 Å². The molecule has 1 aromatic carbocycles. The Morgan fingerprint density at radius 1 is 1.23 bits per heavy atom. The van der Waals surface area contributed by atoms with E-state index in [1.54, 1.807) is 11.3 Å². The van der Waals surface area contributed by atoms with E-state index in [4.69, 9.17) is 4.74 Å². The van der Waals surface area contributed by atoms with Crippen LogP contribution in [0, 0.1) is 0 Å². The van der Waals surface area contributed by atoms with E-state index in [1.165, 1.54) is 17.7 Å². The molecule has 2 aromatic rings. The fourth-order valence-electron chi connectivity index (χ4n) is 3.33. The summed E-state index contributed by atoms with van der Waals surface area (Å²) in [6.07, 6.45) is 4.55. The van der Waals surface area contributed by atoms with E-state index in [-0.39, 0.29) is 11.9 Å². The number of carbonyl (C=O) groups is 1. The minimum Gasteiger partial charge on any atom is -0.493 e. The van der Waals surface area contributed by atoms with Crippen LogP contribution in [0.2, 0.25) is 0 Å². The molecule has 0 radical (unpaired) electrons. The molecule has 0 aliphatic carbocycles. The number of para-hydroxylation sites is 1. The highest BCUT2D eigenvalue weighted by atomic mass is 32.1. The molecule has 140 valence electrons. The first-order chi connectivity index (χ1) is 12.8. The maximum atomic E-state index is 12.8. The minimum atomic E-state index is -0.0575. The van der Waals surface area contributed by atoms with Gasteiger partial charge in [-0.15, -0.1) is 11.3 Å². The van der Waals surface area contributed by atoms with E-state index < -0.39 is 0 Å². The minimum absolute atomic E-state index is 0.0575. The van der Waals surface area contributed by atoms with Gasteiger partial charge >= 0.3 is 0 Å². The molecular weight excluding hydrogens is 344 g/mol. The molecule has 3 rings (SSSR count). The van der Waals surface area contributed by atoms with Crippen LogP contribution in [0.3, 0.4) is 0 Å². The van der Waals surface area contributed by atoms with Gasteiger partial charge in [0.15, 0.2) is 0 Å². The zero-order chi connectivity index (χ0) is 18.2. The summed E-state index contributed by atoms with van der Waals surface area (Å²) in [6.45, 7) is 5.62. The van der Waals surface area contributed by atoms with Gasteiger partial charge in [0, 0.05) is 11.4 Å². The zero-order valence-corrected chi connectivity index (χ0v) is 16.3. The number of nitrogens with one attached hydrogen (secondary N) is 1. The van der Waals surface area contributed by atoms with E-state index in [9.17, 15) is 4.79 Å². The van der Waals surface area contributed by atoms with E-state index in [2.05, 4.69) is 34.7 Å². The van der Waals surface area contributed by atoms with Gasteiger partial charge in [0.25, 0.3) is 5.91 Å². The van der Waals surface area contributed by atoms with Gasteiger partial charge in [-0.3, -0.25) is 9.69 Å². The lowest BCUT2D eigenvalue weighted by molar-refractivity contribution is 0.0934. The molecule has 1 saturated heterocycles. The molecule has 26 heavy (non-hydrogen) atoms. The van der Waals surface area contributed by atoms with Crippen LogP contribution >= 0.6 is 11.3 Å². The first-order valence-corrected chi connectivity index (χ1v) is 10.4. The molecule has 0 spiro atoms. The third kappa shape index (κ3) is 4.86. The van der Waals surface area contributed by atoms with Gasteiger partial charge in [0.1, 0.15) is 5.75 Å². The molecule has 5 heteroatoms. The second-order valence-corrected chi connectivity index (χ2v) is 7.66. The Balaban J connectivity index is 1.65. The molecule has 1 amide bonds. The highest BCUT2D eigenvalue weighted by Gasteiger charge is 2.25. The molecule has 0 unspecified atom stereocenters. The van der Waals surface area contributed by atoms with Crippen LogP contribution in [0.5, 0.6) is 5.75 Å². The first-order valence-electron chi connectivity index (χ1n) is 9.57. The molecule has 1 atom stereocenters. The number of likely N-dealkylation sites (tertiary alicyclic amines) is 1. The maximum Gasteiger partial charge on any atom is 0.255 e. The van der Waals surface area contributed by atoms with Gasteiger partial charge in [-0.2, -0.15) is 0 Å². The molecular formula is C21H28N2O2S. The second-order valence-electron chi connectivity index (χ2n) is 6.68. The number of benzene rings is 1. The number of hydrogen-bond donors (Lipinski definition) is 1. The lowest BCUT2D eigenvalue weighted by Crippen LogP contribution is -2.36. The largest absolute Gasteiger partial charge is 0.493 e. The number of carbonyl (C=O) groups excluding carboxylic acids is 1. The lowest BCUT2D eigenvalue weighted by Gasteiger charge is -2.27. The summed E-state index contributed by atoms with van der Waals surface area (Å²) in [5.74, 6) is 0.616. The van der Waals surface area contributed by atoms with Gasteiger partial charge in [-0.25, -0.2) is 0 Å². The van der Waals surface area contributed by atoms with E-state index in [0.717, 1.165) is 25.9 Å². The molecule has 1 N–H and O–H groups in total. The van der Waals surface area contributed by atoms with Crippen LogP contribution in [0.4, 0.5) is 0 Å². The van der Waals surface area contributed by atoms with Crippen molar-refractivity contribution in [3.63, 3.8) is 0 Å². The van der Waals surface area contributed by atoms with E-state index >= 15 is 0 Å². The normalized spacial score (nSPS) is 15.7. The van der Waals surface area contributed by atoms with Crippen molar-refractivity contribution in [3.05, 3.63) is 52.2 Å². The van der Waals surface area contributed by atoms with Crippen molar-refractivity contribution < 1.29 is 9.53 Å². The Morgan fingerprint density at radius 2 is 2.04 bits per heavy atom. The number of unbranched alkanes of at least 4 members (excludes halogenated alkanes) is 1. The van der Waals surface area contributed by atoms with Crippen LogP contribution in [0.1, 0.15) is 53.9 Å². The quantitative estimate of drug-likeness (QED) is 0.659. The highest BCUT2D eigenvalue weighted by Crippen LogP contribution is 2.28. The third-order valence-corrected chi connectivity index (χ3v) is 5.77. The van der Waals surface area contributed by atoms with Crippen LogP contribution < -0.4 is 10.1 Å². The van der Waals surface area contributed by atoms with Gasteiger partial charge < -0.3 is 10.1 Å². The summed E-state index contributed by atoms with van der Waals surface area (Å²) < 4.78 is 5.81. The van der Waals surface area contributed by atoms with Crippen LogP contribution in [-0.2, 0) is 0 Å². The summed E-state index contributed by atoms with van der Waals surface area (Å²) >= 11 is 1.76. The van der Waals surface area contributed by atoms with Crippen molar-refractivity contribution in [1.82, 2.24) is 10.2 Å². The lowest BCUT2D eigenvalue weighted by atomic mass is 10.1. The Morgan fingerprint density at radius 3 is 2.77 bits per heavy atom. The standard InChI is InChI=1S/C21H28N2O2S/c1-2-3-14-25-19-10-5-4-9-17(19)21(24)22-16-18(20-11-8-15-26-20)23-12-6-7-13-23/h4-5,8-11,15,18H,2-3,6-7,12-14,16H2,1H3,(H,22,24)/t18-/m1/s1. The molecule has 0 bridgehead atoms. The van der Waals surface area contributed by atoms with Crippen LogP contribution in [0.15, 0.2) is 41.8 Å². The summed E-state index contributed by atoms with van der Waals surface area (Å²) in [5.41, 5.74) is 0.620. The first kappa shape index (κ1) is 18.9. The van der Waals surface area contributed by atoms with Crippen LogP contribution in [0.25, 0.3) is 0 Å². The third-order valence-electron chi connectivity index (χ3n) is 4.80. The van der Waals surface area contributed by atoms with Gasteiger partial charge in [-0.05, 0) is 55.9 Å². The van der Waals surface area contributed by atoms with E-state index in [0.29, 0.717) is 24.5 Å². The van der Waals surface area contributed by atoms with Gasteiger partial charge in [-0.1, -0.05) is 31.5 Å².